The van der Waals surface area contributed by atoms with Crippen LogP contribution in [0.15, 0.2) is 116 Å². The molecule has 0 fully saturated rings. The lowest BCUT2D eigenvalue weighted by atomic mass is 9.94. The monoisotopic (exact) mass is 644 g/mol. The van der Waals surface area contributed by atoms with E-state index in [2.05, 4.69) is 131 Å². The van der Waals surface area contributed by atoms with Gasteiger partial charge in [-0.05, 0) is 47.7 Å². The molecule has 230 valence electrons. The van der Waals surface area contributed by atoms with Crippen molar-refractivity contribution in [1.29, 1.82) is 0 Å². The Morgan fingerprint density at radius 3 is 2.16 bits per heavy atom. The number of hydrogen-bond donors (Lipinski definition) is 0. The Labute approximate surface area is 285 Å². The molecule has 0 spiro atoms. The fourth-order valence-corrected chi connectivity index (χ4v) is 9.77. The van der Waals surface area contributed by atoms with E-state index in [1.165, 1.54) is 43.0 Å². The first-order valence-electron chi connectivity index (χ1n) is 16.7. The summed E-state index contributed by atoms with van der Waals surface area (Å²) >= 11 is 1.81. The van der Waals surface area contributed by atoms with E-state index in [0.717, 1.165) is 72.8 Å². The zero-order valence-corrected chi connectivity index (χ0v) is 27.4. The molecule has 0 unspecified atom stereocenters. The maximum absolute atomic E-state index is 5.52. The SMILES string of the molecule is C=Cc1c(C=C)c2c3cccc4c5ccccc5n(c43)c2c2c1c1ccccc1n2-c1nc(-c2ccccc2)c2sc3c(c2n1)CCC=C3. The highest BCUT2D eigenvalue weighted by molar-refractivity contribution is 7.20. The van der Waals surface area contributed by atoms with Gasteiger partial charge in [-0.2, -0.15) is 0 Å². The number of para-hydroxylation sites is 3. The zero-order chi connectivity index (χ0) is 32.4. The second kappa shape index (κ2) is 9.75. The van der Waals surface area contributed by atoms with Crippen molar-refractivity contribution in [3.05, 3.63) is 138 Å². The molecule has 5 aromatic carbocycles. The van der Waals surface area contributed by atoms with E-state index in [4.69, 9.17) is 9.97 Å². The molecule has 0 atom stereocenters. The van der Waals surface area contributed by atoms with Gasteiger partial charge < -0.3 is 4.40 Å². The van der Waals surface area contributed by atoms with Gasteiger partial charge in [-0.3, -0.25) is 4.57 Å². The van der Waals surface area contributed by atoms with Gasteiger partial charge >= 0.3 is 0 Å². The molecule has 0 saturated heterocycles. The minimum Gasteiger partial charge on any atom is -0.306 e. The number of thiophene rings is 1. The largest absolute Gasteiger partial charge is 0.306 e. The molecule has 0 saturated carbocycles. The van der Waals surface area contributed by atoms with Crippen LogP contribution in [0.5, 0.6) is 0 Å². The van der Waals surface area contributed by atoms with E-state index >= 15 is 0 Å². The summed E-state index contributed by atoms with van der Waals surface area (Å²) in [4.78, 5) is 12.3. The van der Waals surface area contributed by atoms with Gasteiger partial charge in [-0.25, -0.2) is 9.97 Å². The normalized spacial score (nSPS) is 13.2. The summed E-state index contributed by atoms with van der Waals surface area (Å²) in [6.45, 7) is 8.74. The first-order chi connectivity index (χ1) is 24.3. The lowest BCUT2D eigenvalue weighted by molar-refractivity contribution is 0.982. The Morgan fingerprint density at radius 1 is 0.653 bits per heavy atom. The molecule has 49 heavy (non-hydrogen) atoms. The molecule has 10 aromatic rings. The number of nitrogens with zero attached hydrogens (tertiary/aromatic N) is 4. The smallest absolute Gasteiger partial charge is 0.235 e. The highest BCUT2D eigenvalue weighted by atomic mass is 32.1. The lowest BCUT2D eigenvalue weighted by Crippen LogP contribution is -2.04. The first-order valence-corrected chi connectivity index (χ1v) is 17.5. The molecule has 0 aliphatic heterocycles. The molecule has 0 N–H and O–H groups in total. The Kier molecular flexibility index (Phi) is 5.37. The molecular weight excluding hydrogens is 617 g/mol. The molecule has 4 nitrogen and oxygen atoms in total. The van der Waals surface area contributed by atoms with Crippen molar-refractivity contribution in [1.82, 2.24) is 18.9 Å². The Balaban J connectivity index is 1.43. The van der Waals surface area contributed by atoms with Gasteiger partial charge in [0.05, 0.1) is 43.5 Å². The molecule has 0 amide bonds. The van der Waals surface area contributed by atoms with Gasteiger partial charge in [0, 0.05) is 42.8 Å². The van der Waals surface area contributed by atoms with Crippen LogP contribution in [0.2, 0.25) is 0 Å². The van der Waals surface area contributed by atoms with Crippen molar-refractivity contribution in [2.24, 2.45) is 0 Å². The molecular formula is C44H28N4S. The average Bonchev–Trinajstić information content (AvgIpc) is 3.90. The van der Waals surface area contributed by atoms with Crippen molar-refractivity contribution in [2.75, 3.05) is 0 Å². The van der Waals surface area contributed by atoms with Gasteiger partial charge in [-0.1, -0.05) is 116 Å². The van der Waals surface area contributed by atoms with Crippen LogP contribution in [0.3, 0.4) is 0 Å². The average molecular weight is 645 g/mol. The van der Waals surface area contributed by atoms with Crippen molar-refractivity contribution in [3.63, 3.8) is 0 Å². The molecule has 0 radical (unpaired) electrons. The Morgan fingerprint density at radius 2 is 1.35 bits per heavy atom. The highest BCUT2D eigenvalue weighted by Gasteiger charge is 2.28. The second-order valence-corrected chi connectivity index (χ2v) is 13.9. The summed E-state index contributed by atoms with van der Waals surface area (Å²) < 4.78 is 5.94. The van der Waals surface area contributed by atoms with Gasteiger partial charge in [0.1, 0.15) is 0 Å². The molecule has 5 heteroatoms. The third kappa shape index (κ3) is 3.37. The van der Waals surface area contributed by atoms with Crippen LogP contribution in [0.4, 0.5) is 0 Å². The van der Waals surface area contributed by atoms with Gasteiger partial charge in [0.15, 0.2) is 0 Å². The predicted octanol–water partition coefficient (Wildman–Crippen LogP) is 11.9. The van der Waals surface area contributed by atoms with E-state index in [-0.39, 0.29) is 0 Å². The molecule has 5 aromatic heterocycles. The molecule has 11 rings (SSSR count). The van der Waals surface area contributed by atoms with Crippen LogP contribution < -0.4 is 0 Å². The summed E-state index contributed by atoms with van der Waals surface area (Å²) in [6, 6.07) is 34.7. The Bertz CT molecular complexity index is 3080. The number of rotatable bonds is 4. The van der Waals surface area contributed by atoms with Crippen LogP contribution in [-0.2, 0) is 6.42 Å². The summed E-state index contributed by atoms with van der Waals surface area (Å²) in [5.41, 5.74) is 12.3. The van der Waals surface area contributed by atoms with Crippen LogP contribution in [0.25, 0.3) is 106 Å². The predicted molar refractivity (Wildman–Crippen MR) is 209 cm³/mol. The number of allylic oxidation sites excluding steroid dienone is 1. The standard InChI is InChI=1S/C44H28N4S/c1-3-26-27(4-2)37-32-21-14-20-29-28-17-8-11-22-33(28)47(40(29)32)41(37)42-36(26)30-18-9-12-23-34(30)48(42)44-45-38(25-15-6-5-7-16-25)43-39(46-44)31-19-10-13-24-35(31)49-43/h3-9,11-18,20-24H,1-2,10,19H2. The van der Waals surface area contributed by atoms with Crippen LogP contribution in [0.1, 0.15) is 28.0 Å². The van der Waals surface area contributed by atoms with Gasteiger partial charge in [-0.15, -0.1) is 11.3 Å². The van der Waals surface area contributed by atoms with Crippen LogP contribution in [-0.4, -0.2) is 18.9 Å². The van der Waals surface area contributed by atoms with Crippen molar-refractivity contribution in [2.45, 2.75) is 12.8 Å². The third-order valence-electron chi connectivity index (χ3n) is 10.5. The molecule has 5 heterocycles. The number of benzene rings is 5. The topological polar surface area (TPSA) is 35.1 Å². The minimum atomic E-state index is 0.680. The van der Waals surface area contributed by atoms with Gasteiger partial charge in [0.2, 0.25) is 5.95 Å². The summed E-state index contributed by atoms with van der Waals surface area (Å²) in [6.07, 6.45) is 10.5. The molecule has 0 bridgehead atoms. The van der Waals surface area contributed by atoms with E-state index in [0.29, 0.717) is 5.95 Å². The number of hydrogen-bond acceptors (Lipinski definition) is 3. The second-order valence-electron chi connectivity index (χ2n) is 12.9. The number of aryl methyl sites for hydroxylation is 1. The molecule has 1 aliphatic rings. The van der Waals surface area contributed by atoms with Crippen molar-refractivity contribution >= 4 is 99.7 Å². The first kappa shape index (κ1) is 27.0. The third-order valence-corrected chi connectivity index (χ3v) is 11.7. The van der Waals surface area contributed by atoms with Crippen LogP contribution >= 0.6 is 11.3 Å². The van der Waals surface area contributed by atoms with Crippen molar-refractivity contribution < 1.29 is 0 Å². The van der Waals surface area contributed by atoms with E-state index in [1.807, 2.05) is 12.2 Å². The Hall–Kier alpha value is -6.04. The minimum absolute atomic E-state index is 0.680. The summed E-state index contributed by atoms with van der Waals surface area (Å²) in [5.74, 6) is 0.680. The van der Waals surface area contributed by atoms with E-state index in [1.54, 1.807) is 11.3 Å². The zero-order valence-electron chi connectivity index (χ0n) is 26.6. The number of fused-ring (bicyclic) bond motifs is 13. The number of aromatic nitrogens is 4. The maximum Gasteiger partial charge on any atom is 0.235 e. The quantitative estimate of drug-likeness (QED) is 0.191. The molecule has 1 aliphatic carbocycles. The van der Waals surface area contributed by atoms with Gasteiger partial charge in [0.25, 0.3) is 0 Å². The van der Waals surface area contributed by atoms with E-state index < -0.39 is 0 Å². The highest BCUT2D eigenvalue weighted by Crippen LogP contribution is 2.48. The van der Waals surface area contributed by atoms with Crippen LogP contribution in [0, 0.1) is 0 Å². The van der Waals surface area contributed by atoms with Crippen molar-refractivity contribution in [3.8, 4) is 17.2 Å². The van der Waals surface area contributed by atoms with E-state index in [9.17, 15) is 0 Å². The fraction of sp³-hybridized carbons (Fsp3) is 0.0455. The fourth-order valence-electron chi connectivity index (χ4n) is 8.54. The maximum atomic E-state index is 5.52. The lowest BCUT2D eigenvalue weighted by Gasteiger charge is -2.13. The summed E-state index contributed by atoms with van der Waals surface area (Å²) in [7, 11) is 0. The summed E-state index contributed by atoms with van der Waals surface area (Å²) in [5, 5.41) is 7.16.